The lowest BCUT2D eigenvalue weighted by molar-refractivity contribution is 0.288. The molecule has 0 saturated heterocycles. The highest BCUT2D eigenvalue weighted by Crippen LogP contribution is 2.25. The Kier molecular flexibility index (Phi) is 4.36. The number of hydrogen-bond acceptors (Lipinski definition) is 3. The normalized spacial score (nSPS) is 17.9. The van der Waals surface area contributed by atoms with Crippen molar-refractivity contribution in [3.63, 3.8) is 0 Å². The van der Waals surface area contributed by atoms with Crippen LogP contribution in [-0.2, 0) is 13.0 Å². The summed E-state index contributed by atoms with van der Waals surface area (Å²) in [5.74, 6) is 1.09. The monoisotopic (exact) mass is 260 g/mol. The van der Waals surface area contributed by atoms with Crippen molar-refractivity contribution in [2.45, 2.75) is 44.7 Å². The Balaban J connectivity index is 1.37. The maximum Gasteiger partial charge on any atom is 0.122 e. The van der Waals surface area contributed by atoms with E-state index >= 15 is 0 Å². The fourth-order valence-corrected chi connectivity index (χ4v) is 2.56. The van der Waals surface area contributed by atoms with Gasteiger partial charge in [-0.15, -0.1) is 0 Å². The van der Waals surface area contributed by atoms with E-state index < -0.39 is 0 Å². The van der Waals surface area contributed by atoms with Gasteiger partial charge in [-0.1, -0.05) is 12.1 Å². The van der Waals surface area contributed by atoms with Crippen LogP contribution in [-0.4, -0.2) is 25.7 Å². The van der Waals surface area contributed by atoms with Gasteiger partial charge in [0.05, 0.1) is 6.61 Å². The molecule has 0 radical (unpaired) electrons. The number of fused-ring (bicyclic) bond motifs is 1. The van der Waals surface area contributed by atoms with Crippen LogP contribution in [0.1, 0.15) is 36.8 Å². The first-order valence-electron chi connectivity index (χ1n) is 7.60. The summed E-state index contributed by atoms with van der Waals surface area (Å²) in [7, 11) is 0. The molecule has 0 unspecified atom stereocenters. The van der Waals surface area contributed by atoms with Crippen molar-refractivity contribution in [2.75, 3.05) is 19.7 Å². The Morgan fingerprint density at radius 1 is 1.21 bits per heavy atom. The minimum absolute atomic E-state index is 0.834. The fourth-order valence-electron chi connectivity index (χ4n) is 2.56. The SMILES string of the molecule is c1cc2c(cc1CNCCCNC1CC1)CCCO2. The second-order valence-corrected chi connectivity index (χ2v) is 5.65. The molecule has 1 saturated carbocycles. The highest BCUT2D eigenvalue weighted by Gasteiger charge is 2.19. The molecule has 0 aromatic heterocycles. The molecule has 3 rings (SSSR count). The van der Waals surface area contributed by atoms with Crippen LogP contribution in [0.15, 0.2) is 18.2 Å². The lowest BCUT2D eigenvalue weighted by Crippen LogP contribution is -2.23. The van der Waals surface area contributed by atoms with Gasteiger partial charge < -0.3 is 15.4 Å². The van der Waals surface area contributed by atoms with Gasteiger partial charge in [0.2, 0.25) is 0 Å². The number of ether oxygens (including phenoxy) is 1. The van der Waals surface area contributed by atoms with Gasteiger partial charge in [-0.25, -0.2) is 0 Å². The van der Waals surface area contributed by atoms with Crippen molar-refractivity contribution < 1.29 is 4.74 Å². The summed E-state index contributed by atoms with van der Waals surface area (Å²) in [5.41, 5.74) is 2.75. The van der Waals surface area contributed by atoms with Crippen LogP contribution in [0.25, 0.3) is 0 Å². The first kappa shape index (κ1) is 12.9. The number of rotatable bonds is 7. The summed E-state index contributed by atoms with van der Waals surface area (Å²) in [5, 5.41) is 7.06. The lowest BCUT2D eigenvalue weighted by Gasteiger charge is -2.18. The zero-order valence-electron chi connectivity index (χ0n) is 11.6. The second-order valence-electron chi connectivity index (χ2n) is 5.65. The molecule has 0 atom stereocenters. The average molecular weight is 260 g/mol. The molecule has 2 N–H and O–H groups in total. The highest BCUT2D eigenvalue weighted by molar-refractivity contribution is 5.38. The third-order valence-electron chi connectivity index (χ3n) is 3.84. The van der Waals surface area contributed by atoms with Crippen molar-refractivity contribution >= 4 is 0 Å². The molecule has 0 spiro atoms. The quantitative estimate of drug-likeness (QED) is 0.738. The topological polar surface area (TPSA) is 33.3 Å². The second kappa shape index (κ2) is 6.40. The molecule has 1 aromatic rings. The number of benzene rings is 1. The minimum atomic E-state index is 0.834. The molecule has 0 bridgehead atoms. The molecular weight excluding hydrogens is 236 g/mol. The molecule has 0 amide bonds. The molecule has 1 aromatic carbocycles. The Morgan fingerprint density at radius 3 is 3.05 bits per heavy atom. The van der Waals surface area contributed by atoms with Crippen LogP contribution in [0.2, 0.25) is 0 Å². The Morgan fingerprint density at radius 2 is 2.16 bits per heavy atom. The van der Waals surface area contributed by atoms with E-state index in [0.717, 1.165) is 50.9 Å². The smallest absolute Gasteiger partial charge is 0.122 e. The Hall–Kier alpha value is -1.06. The van der Waals surface area contributed by atoms with E-state index in [9.17, 15) is 0 Å². The van der Waals surface area contributed by atoms with E-state index in [2.05, 4.69) is 28.8 Å². The van der Waals surface area contributed by atoms with Gasteiger partial charge in [0, 0.05) is 12.6 Å². The number of nitrogens with one attached hydrogen (secondary N) is 2. The standard InChI is InChI=1S/C16H24N2O/c1-3-14-11-13(4-7-16(14)19-10-1)12-17-8-2-9-18-15-5-6-15/h4,7,11,15,17-18H,1-3,5-6,8-10,12H2. The molecule has 3 heteroatoms. The molecule has 1 fully saturated rings. The summed E-state index contributed by atoms with van der Waals surface area (Å²) in [6.45, 7) is 4.08. The third-order valence-corrected chi connectivity index (χ3v) is 3.84. The van der Waals surface area contributed by atoms with E-state index in [4.69, 9.17) is 4.74 Å². The van der Waals surface area contributed by atoms with E-state index in [1.807, 2.05) is 0 Å². The van der Waals surface area contributed by atoms with Crippen molar-refractivity contribution in [1.82, 2.24) is 10.6 Å². The zero-order valence-corrected chi connectivity index (χ0v) is 11.6. The summed E-state index contributed by atoms with van der Waals surface area (Å²) >= 11 is 0. The molecule has 2 aliphatic rings. The Bertz CT molecular complexity index is 415. The molecule has 1 heterocycles. The maximum absolute atomic E-state index is 5.64. The molecule has 3 nitrogen and oxygen atoms in total. The van der Waals surface area contributed by atoms with Crippen molar-refractivity contribution in [2.24, 2.45) is 0 Å². The molecule has 1 aliphatic carbocycles. The molecule has 19 heavy (non-hydrogen) atoms. The number of hydrogen-bond donors (Lipinski definition) is 2. The van der Waals surface area contributed by atoms with Crippen molar-refractivity contribution in [3.8, 4) is 5.75 Å². The summed E-state index contributed by atoms with van der Waals surface area (Å²) in [6.07, 6.45) is 6.28. The van der Waals surface area contributed by atoms with E-state index in [-0.39, 0.29) is 0 Å². The van der Waals surface area contributed by atoms with Crippen LogP contribution in [0, 0.1) is 0 Å². The van der Waals surface area contributed by atoms with Crippen LogP contribution in [0.5, 0.6) is 5.75 Å². The van der Waals surface area contributed by atoms with Crippen LogP contribution in [0.3, 0.4) is 0 Å². The average Bonchev–Trinajstić information content (AvgIpc) is 3.27. The van der Waals surface area contributed by atoms with E-state index in [1.54, 1.807) is 0 Å². The maximum atomic E-state index is 5.64. The van der Waals surface area contributed by atoms with E-state index in [0.29, 0.717) is 0 Å². The van der Waals surface area contributed by atoms with Crippen molar-refractivity contribution in [1.29, 1.82) is 0 Å². The van der Waals surface area contributed by atoms with Crippen molar-refractivity contribution in [3.05, 3.63) is 29.3 Å². The predicted octanol–water partition coefficient (Wildman–Crippen LogP) is 2.24. The van der Waals surface area contributed by atoms with Gasteiger partial charge in [-0.2, -0.15) is 0 Å². The predicted molar refractivity (Wildman–Crippen MR) is 77.6 cm³/mol. The van der Waals surface area contributed by atoms with Crippen LogP contribution in [0.4, 0.5) is 0 Å². The minimum Gasteiger partial charge on any atom is -0.493 e. The first-order valence-corrected chi connectivity index (χ1v) is 7.60. The summed E-state index contributed by atoms with van der Waals surface area (Å²) in [6, 6.07) is 7.43. The largest absolute Gasteiger partial charge is 0.493 e. The summed E-state index contributed by atoms with van der Waals surface area (Å²) in [4.78, 5) is 0. The molecular formula is C16H24N2O. The van der Waals surface area contributed by atoms with Crippen LogP contribution >= 0.6 is 0 Å². The van der Waals surface area contributed by atoms with Gasteiger partial charge in [0.1, 0.15) is 5.75 Å². The van der Waals surface area contributed by atoms with Gasteiger partial charge in [-0.3, -0.25) is 0 Å². The van der Waals surface area contributed by atoms with Gasteiger partial charge in [0.25, 0.3) is 0 Å². The third kappa shape index (κ3) is 3.95. The van der Waals surface area contributed by atoms with Gasteiger partial charge in [0.15, 0.2) is 0 Å². The molecule has 1 aliphatic heterocycles. The van der Waals surface area contributed by atoms with Gasteiger partial charge >= 0.3 is 0 Å². The van der Waals surface area contributed by atoms with Crippen LogP contribution < -0.4 is 15.4 Å². The molecule has 104 valence electrons. The number of aryl methyl sites for hydroxylation is 1. The van der Waals surface area contributed by atoms with Gasteiger partial charge in [-0.05, 0) is 62.4 Å². The lowest BCUT2D eigenvalue weighted by atomic mass is 10.0. The summed E-state index contributed by atoms with van der Waals surface area (Å²) < 4.78 is 5.64. The van der Waals surface area contributed by atoms with E-state index in [1.165, 1.54) is 30.4 Å². The zero-order chi connectivity index (χ0) is 12.9. The first-order chi connectivity index (χ1) is 9.42. The highest BCUT2D eigenvalue weighted by atomic mass is 16.5. The Labute approximate surface area is 115 Å². The fraction of sp³-hybridized carbons (Fsp3) is 0.625.